The fourth-order valence-electron chi connectivity index (χ4n) is 2.76. The van der Waals surface area contributed by atoms with Gasteiger partial charge in [0.15, 0.2) is 0 Å². The molecular weight excluding hydrogens is 222 g/mol. The second kappa shape index (κ2) is 4.58. The monoisotopic (exact) mass is 241 g/mol. The van der Waals surface area contributed by atoms with Gasteiger partial charge in [-0.15, -0.1) is 0 Å². The van der Waals surface area contributed by atoms with E-state index in [0.29, 0.717) is 6.04 Å². The summed E-state index contributed by atoms with van der Waals surface area (Å²) in [5.74, 6) is 0. The number of H-pyrrole nitrogens is 1. The third kappa shape index (κ3) is 2.06. The molecule has 1 aliphatic carbocycles. The summed E-state index contributed by atoms with van der Waals surface area (Å²) < 4.78 is 0. The third-order valence-electron chi connectivity index (χ3n) is 3.99. The smallest absolute Gasteiger partial charge is 0.0925 e. The lowest BCUT2D eigenvalue weighted by Crippen LogP contribution is -2.32. The van der Waals surface area contributed by atoms with E-state index in [2.05, 4.69) is 53.1 Å². The number of likely N-dealkylation sites (N-methyl/N-ethyl adjacent to an activating group) is 1. The highest BCUT2D eigenvalue weighted by atomic mass is 15.1. The molecule has 0 radical (unpaired) electrons. The van der Waals surface area contributed by atoms with Crippen molar-refractivity contribution in [2.75, 3.05) is 7.05 Å². The van der Waals surface area contributed by atoms with E-state index in [-0.39, 0.29) is 0 Å². The topological polar surface area (TPSA) is 31.9 Å². The molecule has 0 unspecified atom stereocenters. The van der Waals surface area contributed by atoms with Gasteiger partial charge < -0.3 is 4.98 Å². The standard InChI is InChI=1S/C15H19N3/c1-11-15(17-10-16-11)9-18(2)14-7-12-5-3-4-6-13(12)8-14/h3-6,10,14H,7-9H2,1-2H3,(H,16,17). The van der Waals surface area contributed by atoms with Gasteiger partial charge in [0.25, 0.3) is 0 Å². The van der Waals surface area contributed by atoms with Gasteiger partial charge in [0, 0.05) is 18.3 Å². The van der Waals surface area contributed by atoms with Gasteiger partial charge in [0.05, 0.1) is 12.0 Å². The number of aromatic amines is 1. The zero-order valence-corrected chi connectivity index (χ0v) is 11.0. The van der Waals surface area contributed by atoms with Crippen molar-refractivity contribution in [2.24, 2.45) is 0 Å². The maximum Gasteiger partial charge on any atom is 0.0925 e. The van der Waals surface area contributed by atoms with Crippen molar-refractivity contribution in [1.29, 1.82) is 0 Å². The number of aryl methyl sites for hydroxylation is 1. The molecule has 1 heterocycles. The summed E-state index contributed by atoms with van der Waals surface area (Å²) in [6, 6.07) is 9.39. The minimum atomic E-state index is 0.610. The zero-order chi connectivity index (χ0) is 12.5. The van der Waals surface area contributed by atoms with E-state index in [9.17, 15) is 0 Å². The van der Waals surface area contributed by atoms with Crippen molar-refractivity contribution in [1.82, 2.24) is 14.9 Å². The van der Waals surface area contributed by atoms with Crippen molar-refractivity contribution < 1.29 is 0 Å². The lowest BCUT2D eigenvalue weighted by Gasteiger charge is -2.23. The molecule has 1 aliphatic rings. The summed E-state index contributed by atoms with van der Waals surface area (Å²) >= 11 is 0. The van der Waals surface area contributed by atoms with E-state index in [0.717, 1.165) is 25.1 Å². The van der Waals surface area contributed by atoms with Gasteiger partial charge in [-0.1, -0.05) is 24.3 Å². The van der Waals surface area contributed by atoms with Crippen molar-refractivity contribution in [2.45, 2.75) is 32.4 Å². The van der Waals surface area contributed by atoms with E-state index in [1.54, 1.807) is 6.33 Å². The lowest BCUT2D eigenvalue weighted by atomic mass is 10.1. The highest BCUT2D eigenvalue weighted by molar-refractivity contribution is 5.33. The van der Waals surface area contributed by atoms with Gasteiger partial charge >= 0.3 is 0 Å². The van der Waals surface area contributed by atoms with Crippen LogP contribution in [0.5, 0.6) is 0 Å². The number of nitrogens with zero attached hydrogens (tertiary/aromatic N) is 2. The van der Waals surface area contributed by atoms with E-state index in [4.69, 9.17) is 0 Å². The van der Waals surface area contributed by atoms with Crippen LogP contribution in [0.15, 0.2) is 30.6 Å². The highest BCUT2D eigenvalue weighted by Crippen LogP contribution is 2.25. The summed E-state index contributed by atoms with van der Waals surface area (Å²) in [5, 5.41) is 0. The molecule has 18 heavy (non-hydrogen) atoms. The minimum absolute atomic E-state index is 0.610. The van der Waals surface area contributed by atoms with Crippen molar-refractivity contribution >= 4 is 0 Å². The second-order valence-corrected chi connectivity index (χ2v) is 5.22. The highest BCUT2D eigenvalue weighted by Gasteiger charge is 2.24. The van der Waals surface area contributed by atoms with Crippen LogP contribution in [0.1, 0.15) is 22.5 Å². The molecule has 3 rings (SSSR count). The minimum Gasteiger partial charge on any atom is -0.348 e. The van der Waals surface area contributed by atoms with Crippen LogP contribution in [0.4, 0.5) is 0 Å². The first-order valence-corrected chi connectivity index (χ1v) is 6.50. The Morgan fingerprint density at radius 3 is 2.50 bits per heavy atom. The van der Waals surface area contributed by atoms with E-state index in [1.165, 1.54) is 16.8 Å². The Balaban J connectivity index is 1.69. The molecule has 1 aromatic carbocycles. The molecule has 0 spiro atoms. The molecule has 0 fully saturated rings. The van der Waals surface area contributed by atoms with Crippen LogP contribution in [0, 0.1) is 6.92 Å². The molecular formula is C15H19N3. The SMILES string of the molecule is Cc1[nH]cnc1CN(C)C1Cc2ccccc2C1. The predicted octanol–water partition coefficient (Wildman–Crippen LogP) is 2.32. The normalized spacial score (nSPS) is 15.3. The number of imidazole rings is 1. The molecule has 94 valence electrons. The van der Waals surface area contributed by atoms with Crippen LogP contribution in [-0.4, -0.2) is 28.0 Å². The first-order chi connectivity index (χ1) is 8.74. The first kappa shape index (κ1) is 11.5. The molecule has 1 aromatic heterocycles. The molecule has 3 nitrogen and oxygen atoms in total. The molecule has 2 aromatic rings. The van der Waals surface area contributed by atoms with Gasteiger partial charge in [-0.2, -0.15) is 0 Å². The van der Waals surface area contributed by atoms with Crippen LogP contribution >= 0.6 is 0 Å². The number of hydrogen-bond donors (Lipinski definition) is 1. The largest absolute Gasteiger partial charge is 0.348 e. The lowest BCUT2D eigenvalue weighted by molar-refractivity contribution is 0.238. The van der Waals surface area contributed by atoms with Gasteiger partial charge in [0.2, 0.25) is 0 Å². The van der Waals surface area contributed by atoms with Crippen LogP contribution in [0.25, 0.3) is 0 Å². The molecule has 1 N–H and O–H groups in total. The zero-order valence-electron chi connectivity index (χ0n) is 11.0. The molecule has 0 amide bonds. The summed E-state index contributed by atoms with van der Waals surface area (Å²) in [7, 11) is 2.20. The van der Waals surface area contributed by atoms with Crippen molar-refractivity contribution in [3.05, 3.63) is 53.1 Å². The van der Waals surface area contributed by atoms with E-state index in [1.807, 2.05) is 0 Å². The third-order valence-corrected chi connectivity index (χ3v) is 3.99. The summed E-state index contributed by atoms with van der Waals surface area (Å²) in [6.45, 7) is 3.01. The average Bonchev–Trinajstić information content (AvgIpc) is 2.96. The van der Waals surface area contributed by atoms with E-state index < -0.39 is 0 Å². The van der Waals surface area contributed by atoms with Crippen molar-refractivity contribution in [3.8, 4) is 0 Å². The predicted molar refractivity (Wildman–Crippen MR) is 72.4 cm³/mol. The maximum atomic E-state index is 4.38. The van der Waals surface area contributed by atoms with Gasteiger partial charge in [0.1, 0.15) is 0 Å². The summed E-state index contributed by atoms with van der Waals surface area (Å²) in [6.07, 6.45) is 4.11. The molecule has 0 atom stereocenters. The Hall–Kier alpha value is -1.61. The van der Waals surface area contributed by atoms with Gasteiger partial charge in [-0.25, -0.2) is 4.98 Å². The second-order valence-electron chi connectivity index (χ2n) is 5.22. The van der Waals surface area contributed by atoms with Crippen LogP contribution in [0.3, 0.4) is 0 Å². The molecule has 0 saturated heterocycles. The quantitative estimate of drug-likeness (QED) is 0.894. The number of nitrogens with one attached hydrogen (secondary N) is 1. The van der Waals surface area contributed by atoms with Crippen LogP contribution < -0.4 is 0 Å². The first-order valence-electron chi connectivity index (χ1n) is 6.50. The number of hydrogen-bond acceptors (Lipinski definition) is 2. The summed E-state index contributed by atoms with van der Waals surface area (Å²) in [4.78, 5) is 9.94. The fraction of sp³-hybridized carbons (Fsp3) is 0.400. The Labute approximate surface area is 108 Å². The number of fused-ring (bicyclic) bond motifs is 1. The Kier molecular flexibility index (Phi) is 2.92. The average molecular weight is 241 g/mol. The van der Waals surface area contributed by atoms with Crippen LogP contribution in [0.2, 0.25) is 0 Å². The fourth-order valence-corrected chi connectivity index (χ4v) is 2.76. The summed E-state index contributed by atoms with van der Waals surface area (Å²) in [5.41, 5.74) is 5.35. The van der Waals surface area contributed by atoms with E-state index >= 15 is 0 Å². The number of benzene rings is 1. The molecule has 0 aliphatic heterocycles. The maximum absolute atomic E-state index is 4.38. The van der Waals surface area contributed by atoms with Gasteiger partial charge in [-0.3, -0.25) is 4.90 Å². The van der Waals surface area contributed by atoms with Crippen molar-refractivity contribution in [3.63, 3.8) is 0 Å². The number of aromatic nitrogens is 2. The van der Waals surface area contributed by atoms with Crippen LogP contribution in [-0.2, 0) is 19.4 Å². The molecule has 0 bridgehead atoms. The molecule has 0 saturated carbocycles. The Morgan fingerprint density at radius 1 is 1.28 bits per heavy atom. The number of rotatable bonds is 3. The Morgan fingerprint density at radius 2 is 1.94 bits per heavy atom. The Bertz CT molecular complexity index is 519. The van der Waals surface area contributed by atoms with Gasteiger partial charge in [-0.05, 0) is 37.9 Å². The molecule has 3 heteroatoms.